The summed E-state index contributed by atoms with van der Waals surface area (Å²) in [7, 11) is 4.35. The molecular formula is C21H21N3O6S. The Kier molecular flexibility index (Phi) is 7.14. The number of aromatic nitrogens is 1. The molecule has 162 valence electrons. The minimum absolute atomic E-state index is 0.0381. The average molecular weight is 443 g/mol. The number of carbonyl (C=O) groups is 3. The van der Waals surface area contributed by atoms with Crippen LogP contribution in [0.3, 0.4) is 0 Å². The van der Waals surface area contributed by atoms with Crippen molar-refractivity contribution in [3.8, 4) is 17.2 Å². The van der Waals surface area contributed by atoms with Crippen LogP contribution in [0.2, 0.25) is 0 Å². The number of pyridine rings is 1. The second-order valence-electron chi connectivity index (χ2n) is 6.26. The molecule has 1 aliphatic rings. The molecular weight excluding hydrogens is 422 g/mol. The Hall–Kier alpha value is -3.53. The van der Waals surface area contributed by atoms with Gasteiger partial charge in [-0.05, 0) is 41.6 Å². The van der Waals surface area contributed by atoms with Crippen LogP contribution < -0.4 is 19.5 Å². The molecule has 0 bridgehead atoms. The van der Waals surface area contributed by atoms with E-state index in [0.29, 0.717) is 16.4 Å². The zero-order chi connectivity index (χ0) is 22.4. The van der Waals surface area contributed by atoms with E-state index in [1.165, 1.54) is 21.3 Å². The molecule has 0 spiro atoms. The van der Waals surface area contributed by atoms with Crippen molar-refractivity contribution >= 4 is 34.9 Å². The van der Waals surface area contributed by atoms with E-state index in [9.17, 15) is 14.4 Å². The molecule has 1 aromatic carbocycles. The summed E-state index contributed by atoms with van der Waals surface area (Å²) >= 11 is 0.855. The molecule has 0 saturated carbocycles. The number of amides is 3. The number of imide groups is 1. The second-order valence-corrected chi connectivity index (χ2v) is 7.25. The predicted molar refractivity (Wildman–Crippen MR) is 115 cm³/mol. The van der Waals surface area contributed by atoms with E-state index >= 15 is 0 Å². The molecule has 1 fully saturated rings. The van der Waals surface area contributed by atoms with E-state index in [1.807, 2.05) is 0 Å². The van der Waals surface area contributed by atoms with Crippen molar-refractivity contribution in [2.75, 3.05) is 34.4 Å². The SMILES string of the molecule is COc1ccc(C(=O)NCCN2C(=O)S/C(=C/c3cccnc3)C2=O)c(OC)c1OC. The molecule has 31 heavy (non-hydrogen) atoms. The number of nitrogens with one attached hydrogen (secondary N) is 1. The Balaban J connectivity index is 1.65. The number of nitrogens with zero attached hydrogens (tertiary/aromatic N) is 2. The maximum absolute atomic E-state index is 12.6. The maximum Gasteiger partial charge on any atom is 0.293 e. The number of methoxy groups -OCH3 is 3. The summed E-state index contributed by atoms with van der Waals surface area (Å²) in [6, 6.07) is 6.67. The van der Waals surface area contributed by atoms with Gasteiger partial charge in [0, 0.05) is 25.5 Å². The number of rotatable bonds is 8. The molecule has 10 heteroatoms. The van der Waals surface area contributed by atoms with Crippen molar-refractivity contribution < 1.29 is 28.6 Å². The Labute approximate surface area is 183 Å². The quantitative estimate of drug-likeness (QED) is 0.621. The van der Waals surface area contributed by atoms with Crippen molar-refractivity contribution in [2.45, 2.75) is 0 Å². The first kappa shape index (κ1) is 22.2. The molecule has 0 aliphatic carbocycles. The van der Waals surface area contributed by atoms with E-state index in [-0.39, 0.29) is 24.4 Å². The standard InChI is InChI=1S/C21H21N3O6S/c1-28-15-7-6-14(17(29-2)18(15)30-3)19(25)23-9-10-24-20(26)16(31-21(24)27)11-13-5-4-8-22-12-13/h4-8,11-12H,9-10H2,1-3H3,(H,23,25)/b16-11+. The van der Waals surface area contributed by atoms with Gasteiger partial charge in [-0.2, -0.15) is 0 Å². The lowest BCUT2D eigenvalue weighted by Gasteiger charge is -2.16. The Morgan fingerprint density at radius 1 is 1.13 bits per heavy atom. The topological polar surface area (TPSA) is 107 Å². The van der Waals surface area contributed by atoms with Gasteiger partial charge in [0.25, 0.3) is 17.1 Å². The third-order valence-corrected chi connectivity index (χ3v) is 5.33. The van der Waals surface area contributed by atoms with Gasteiger partial charge in [-0.25, -0.2) is 0 Å². The van der Waals surface area contributed by atoms with Crippen molar-refractivity contribution in [3.63, 3.8) is 0 Å². The molecule has 2 heterocycles. The maximum atomic E-state index is 12.6. The first-order valence-corrected chi connectivity index (χ1v) is 10.0. The van der Waals surface area contributed by atoms with Gasteiger partial charge in [0.2, 0.25) is 5.75 Å². The van der Waals surface area contributed by atoms with Crippen LogP contribution in [-0.2, 0) is 4.79 Å². The molecule has 3 rings (SSSR count). The molecule has 1 N–H and O–H groups in total. The fourth-order valence-electron chi connectivity index (χ4n) is 2.96. The third kappa shape index (κ3) is 4.80. The summed E-state index contributed by atoms with van der Waals surface area (Å²) in [4.78, 5) is 42.8. The zero-order valence-electron chi connectivity index (χ0n) is 17.2. The van der Waals surface area contributed by atoms with E-state index < -0.39 is 17.1 Å². The summed E-state index contributed by atoms with van der Waals surface area (Å²) in [5.41, 5.74) is 0.965. The molecule has 0 radical (unpaired) electrons. The Morgan fingerprint density at radius 2 is 1.90 bits per heavy atom. The third-order valence-electron chi connectivity index (χ3n) is 4.43. The smallest absolute Gasteiger partial charge is 0.293 e. The van der Waals surface area contributed by atoms with Gasteiger partial charge in [0.05, 0.1) is 31.8 Å². The second kappa shape index (κ2) is 9.98. The van der Waals surface area contributed by atoms with Gasteiger partial charge >= 0.3 is 0 Å². The number of carbonyl (C=O) groups excluding carboxylic acids is 3. The normalized spacial score (nSPS) is 14.7. The highest BCUT2D eigenvalue weighted by Gasteiger charge is 2.34. The molecule has 3 amide bonds. The highest BCUT2D eigenvalue weighted by atomic mass is 32.2. The van der Waals surface area contributed by atoms with Crippen LogP contribution in [0.15, 0.2) is 41.6 Å². The van der Waals surface area contributed by atoms with Crippen LogP contribution in [0.25, 0.3) is 6.08 Å². The van der Waals surface area contributed by atoms with Crippen molar-refractivity contribution in [2.24, 2.45) is 0 Å². The monoisotopic (exact) mass is 443 g/mol. The van der Waals surface area contributed by atoms with Gasteiger partial charge < -0.3 is 19.5 Å². The number of ether oxygens (including phenoxy) is 3. The lowest BCUT2D eigenvalue weighted by atomic mass is 10.1. The zero-order valence-corrected chi connectivity index (χ0v) is 18.0. The van der Waals surface area contributed by atoms with Crippen LogP contribution in [0.1, 0.15) is 15.9 Å². The van der Waals surface area contributed by atoms with Gasteiger partial charge in [-0.15, -0.1) is 0 Å². The average Bonchev–Trinajstić information content (AvgIpc) is 3.05. The van der Waals surface area contributed by atoms with E-state index in [1.54, 1.807) is 42.7 Å². The Bertz CT molecular complexity index is 1030. The summed E-state index contributed by atoms with van der Waals surface area (Å²) in [5, 5.41) is 2.30. The summed E-state index contributed by atoms with van der Waals surface area (Å²) < 4.78 is 15.8. The lowest BCUT2D eigenvalue weighted by molar-refractivity contribution is -0.122. The van der Waals surface area contributed by atoms with Crippen LogP contribution >= 0.6 is 11.8 Å². The van der Waals surface area contributed by atoms with E-state index in [2.05, 4.69) is 10.3 Å². The molecule has 0 atom stereocenters. The lowest BCUT2D eigenvalue weighted by Crippen LogP contribution is -2.37. The van der Waals surface area contributed by atoms with Crippen LogP contribution in [-0.4, -0.2) is 61.4 Å². The van der Waals surface area contributed by atoms with Crippen molar-refractivity contribution in [3.05, 3.63) is 52.7 Å². The number of hydrogen-bond acceptors (Lipinski definition) is 8. The van der Waals surface area contributed by atoms with Crippen LogP contribution in [0, 0.1) is 0 Å². The fourth-order valence-corrected chi connectivity index (χ4v) is 3.83. The van der Waals surface area contributed by atoms with Gasteiger partial charge in [-0.1, -0.05) is 6.07 Å². The summed E-state index contributed by atoms with van der Waals surface area (Å²) in [6.45, 7) is 0.116. The molecule has 1 aromatic heterocycles. The highest BCUT2D eigenvalue weighted by molar-refractivity contribution is 8.18. The molecule has 2 aromatic rings. The summed E-state index contributed by atoms with van der Waals surface area (Å²) in [6.07, 6.45) is 4.84. The van der Waals surface area contributed by atoms with Crippen molar-refractivity contribution in [1.82, 2.24) is 15.2 Å². The van der Waals surface area contributed by atoms with Crippen LogP contribution in [0.4, 0.5) is 4.79 Å². The fraction of sp³-hybridized carbons (Fsp3) is 0.238. The number of hydrogen-bond donors (Lipinski definition) is 1. The molecule has 0 unspecified atom stereocenters. The first-order valence-electron chi connectivity index (χ1n) is 9.22. The van der Waals surface area contributed by atoms with E-state index in [0.717, 1.165) is 22.2 Å². The largest absolute Gasteiger partial charge is 0.493 e. The Morgan fingerprint density at radius 3 is 2.55 bits per heavy atom. The van der Waals surface area contributed by atoms with E-state index in [4.69, 9.17) is 14.2 Å². The number of thioether (sulfide) groups is 1. The van der Waals surface area contributed by atoms with Gasteiger partial charge in [0.1, 0.15) is 0 Å². The summed E-state index contributed by atoms with van der Waals surface area (Å²) in [5.74, 6) is 0.107. The minimum atomic E-state index is -0.435. The molecule has 9 nitrogen and oxygen atoms in total. The van der Waals surface area contributed by atoms with Crippen LogP contribution in [0.5, 0.6) is 17.2 Å². The highest BCUT2D eigenvalue weighted by Crippen LogP contribution is 2.39. The molecule has 1 aliphatic heterocycles. The number of benzene rings is 1. The molecule has 1 saturated heterocycles. The predicted octanol–water partition coefficient (Wildman–Crippen LogP) is 2.57. The van der Waals surface area contributed by atoms with Crippen molar-refractivity contribution in [1.29, 1.82) is 0 Å². The minimum Gasteiger partial charge on any atom is -0.493 e. The van der Waals surface area contributed by atoms with Gasteiger partial charge in [0.15, 0.2) is 11.5 Å². The first-order chi connectivity index (χ1) is 15.0. The van der Waals surface area contributed by atoms with Gasteiger partial charge in [-0.3, -0.25) is 24.3 Å².